The van der Waals surface area contributed by atoms with Crippen LogP contribution in [-0.4, -0.2) is 21.5 Å². The van der Waals surface area contributed by atoms with Gasteiger partial charge in [-0.3, -0.25) is 4.79 Å². The molecule has 2 aromatic carbocycles. The molecule has 1 N–H and O–H groups in total. The third-order valence-electron chi connectivity index (χ3n) is 3.11. The maximum Gasteiger partial charge on any atom is 0.277 e. The number of anilines is 1. The van der Waals surface area contributed by atoms with Crippen molar-refractivity contribution in [2.24, 2.45) is 0 Å². The van der Waals surface area contributed by atoms with Gasteiger partial charge in [-0.15, -0.1) is 5.10 Å². The molecule has 0 fully saturated rings. The van der Waals surface area contributed by atoms with Gasteiger partial charge >= 0.3 is 0 Å². The van der Waals surface area contributed by atoms with Crippen molar-refractivity contribution in [2.45, 2.75) is 6.54 Å². The van der Waals surface area contributed by atoms with Crippen molar-refractivity contribution in [1.29, 1.82) is 0 Å². The SMILES string of the molecule is O=c1c2ccccc2nnn1CCNc1cccc(Cl)c1. The highest BCUT2D eigenvalue weighted by Crippen LogP contribution is 2.14. The lowest BCUT2D eigenvalue weighted by Gasteiger charge is -2.08. The van der Waals surface area contributed by atoms with Gasteiger partial charge in [0.05, 0.1) is 11.9 Å². The van der Waals surface area contributed by atoms with Gasteiger partial charge < -0.3 is 5.32 Å². The standard InChI is InChI=1S/C15H13ClN4O/c16-11-4-3-5-12(10-11)17-8-9-20-15(21)13-6-1-2-7-14(13)18-19-20/h1-7,10,17H,8-9H2. The smallest absolute Gasteiger partial charge is 0.277 e. The Hall–Kier alpha value is -2.40. The van der Waals surface area contributed by atoms with Crippen LogP contribution in [0.15, 0.2) is 53.3 Å². The summed E-state index contributed by atoms with van der Waals surface area (Å²) in [6, 6.07) is 14.6. The number of hydrogen-bond donors (Lipinski definition) is 1. The molecule has 0 saturated carbocycles. The lowest BCUT2D eigenvalue weighted by molar-refractivity contribution is 0.566. The second kappa shape index (κ2) is 5.93. The van der Waals surface area contributed by atoms with Crippen molar-refractivity contribution in [3.05, 3.63) is 63.9 Å². The molecule has 0 aliphatic carbocycles. The third kappa shape index (κ3) is 3.03. The van der Waals surface area contributed by atoms with Crippen LogP contribution >= 0.6 is 11.6 Å². The normalized spacial score (nSPS) is 10.7. The van der Waals surface area contributed by atoms with Crippen LogP contribution in [-0.2, 0) is 6.54 Å². The van der Waals surface area contributed by atoms with E-state index in [1.165, 1.54) is 4.68 Å². The molecule has 0 radical (unpaired) electrons. The largest absolute Gasteiger partial charge is 0.383 e. The molecular formula is C15H13ClN4O. The first-order valence-corrected chi connectivity index (χ1v) is 6.94. The Morgan fingerprint density at radius 1 is 1.14 bits per heavy atom. The average molecular weight is 301 g/mol. The number of nitrogens with one attached hydrogen (secondary N) is 1. The van der Waals surface area contributed by atoms with Crippen molar-refractivity contribution in [1.82, 2.24) is 15.0 Å². The first-order valence-electron chi connectivity index (χ1n) is 6.56. The molecule has 5 nitrogen and oxygen atoms in total. The van der Waals surface area contributed by atoms with E-state index >= 15 is 0 Å². The van der Waals surface area contributed by atoms with Crippen LogP contribution < -0.4 is 10.9 Å². The molecule has 0 atom stereocenters. The molecule has 6 heteroatoms. The number of halogens is 1. The first-order chi connectivity index (χ1) is 10.2. The van der Waals surface area contributed by atoms with Crippen LogP contribution in [0.4, 0.5) is 5.69 Å². The van der Waals surface area contributed by atoms with E-state index in [4.69, 9.17) is 11.6 Å². The van der Waals surface area contributed by atoms with Crippen LogP contribution in [0.5, 0.6) is 0 Å². The lowest BCUT2D eigenvalue weighted by Crippen LogP contribution is -2.27. The minimum absolute atomic E-state index is 0.131. The zero-order valence-electron chi connectivity index (χ0n) is 11.2. The van der Waals surface area contributed by atoms with E-state index in [1.807, 2.05) is 36.4 Å². The van der Waals surface area contributed by atoms with E-state index < -0.39 is 0 Å². The number of benzene rings is 2. The van der Waals surface area contributed by atoms with E-state index in [0.29, 0.717) is 29.0 Å². The van der Waals surface area contributed by atoms with E-state index in [-0.39, 0.29) is 5.56 Å². The highest BCUT2D eigenvalue weighted by Gasteiger charge is 2.04. The minimum atomic E-state index is -0.131. The summed E-state index contributed by atoms with van der Waals surface area (Å²) in [6.45, 7) is 0.996. The maximum absolute atomic E-state index is 12.2. The topological polar surface area (TPSA) is 59.8 Å². The Balaban J connectivity index is 1.74. The van der Waals surface area contributed by atoms with Gasteiger partial charge in [-0.25, -0.2) is 4.68 Å². The number of nitrogens with zero attached hydrogens (tertiary/aromatic N) is 3. The molecule has 3 aromatic rings. The molecule has 0 spiro atoms. The number of rotatable bonds is 4. The number of hydrogen-bond acceptors (Lipinski definition) is 4. The Kier molecular flexibility index (Phi) is 3.83. The molecule has 21 heavy (non-hydrogen) atoms. The number of fused-ring (bicyclic) bond motifs is 1. The van der Waals surface area contributed by atoms with Gasteiger partial charge in [0.2, 0.25) is 0 Å². The summed E-state index contributed by atoms with van der Waals surface area (Å²) >= 11 is 5.91. The zero-order valence-corrected chi connectivity index (χ0v) is 11.9. The van der Waals surface area contributed by atoms with Crippen LogP contribution in [0, 0.1) is 0 Å². The fraction of sp³-hybridized carbons (Fsp3) is 0.133. The van der Waals surface area contributed by atoms with E-state index in [9.17, 15) is 4.79 Å². The maximum atomic E-state index is 12.2. The van der Waals surface area contributed by atoms with Gasteiger partial charge in [0.25, 0.3) is 5.56 Å². The van der Waals surface area contributed by atoms with Crippen molar-refractivity contribution in [3.8, 4) is 0 Å². The predicted molar refractivity (Wildman–Crippen MR) is 83.7 cm³/mol. The van der Waals surface area contributed by atoms with Crippen LogP contribution in [0.1, 0.15) is 0 Å². The van der Waals surface area contributed by atoms with Crippen molar-refractivity contribution in [2.75, 3.05) is 11.9 Å². The molecule has 1 heterocycles. The molecule has 0 bridgehead atoms. The van der Waals surface area contributed by atoms with Gasteiger partial charge in [0.1, 0.15) is 5.52 Å². The molecule has 0 unspecified atom stereocenters. The van der Waals surface area contributed by atoms with Gasteiger partial charge in [-0.1, -0.05) is 35.0 Å². The first kappa shape index (κ1) is 13.6. The summed E-state index contributed by atoms with van der Waals surface area (Å²) in [5.74, 6) is 0. The van der Waals surface area contributed by atoms with Gasteiger partial charge in [0.15, 0.2) is 0 Å². The summed E-state index contributed by atoms with van der Waals surface area (Å²) in [7, 11) is 0. The molecule has 0 aliphatic heterocycles. The highest BCUT2D eigenvalue weighted by molar-refractivity contribution is 6.30. The number of aromatic nitrogens is 3. The molecule has 3 rings (SSSR count). The Morgan fingerprint density at radius 2 is 2.00 bits per heavy atom. The fourth-order valence-corrected chi connectivity index (χ4v) is 2.26. The van der Waals surface area contributed by atoms with Gasteiger partial charge in [-0.05, 0) is 30.3 Å². The third-order valence-corrected chi connectivity index (χ3v) is 3.34. The monoisotopic (exact) mass is 300 g/mol. The molecule has 1 aromatic heterocycles. The average Bonchev–Trinajstić information content (AvgIpc) is 2.50. The molecule has 0 amide bonds. The summed E-state index contributed by atoms with van der Waals surface area (Å²) in [6.07, 6.45) is 0. The summed E-state index contributed by atoms with van der Waals surface area (Å²) in [5.41, 5.74) is 1.39. The second-order valence-electron chi connectivity index (χ2n) is 4.57. The van der Waals surface area contributed by atoms with Crippen LogP contribution in [0.3, 0.4) is 0 Å². The van der Waals surface area contributed by atoms with Crippen molar-refractivity contribution in [3.63, 3.8) is 0 Å². The van der Waals surface area contributed by atoms with Gasteiger partial charge in [0, 0.05) is 17.3 Å². The summed E-state index contributed by atoms with van der Waals surface area (Å²) in [4.78, 5) is 12.2. The minimum Gasteiger partial charge on any atom is -0.383 e. The Morgan fingerprint density at radius 3 is 2.86 bits per heavy atom. The second-order valence-corrected chi connectivity index (χ2v) is 5.01. The summed E-state index contributed by atoms with van der Waals surface area (Å²) in [5, 5.41) is 12.4. The van der Waals surface area contributed by atoms with Gasteiger partial charge in [-0.2, -0.15) is 0 Å². The van der Waals surface area contributed by atoms with E-state index in [0.717, 1.165) is 5.69 Å². The fourth-order valence-electron chi connectivity index (χ4n) is 2.07. The zero-order chi connectivity index (χ0) is 14.7. The van der Waals surface area contributed by atoms with E-state index in [1.54, 1.807) is 12.1 Å². The lowest BCUT2D eigenvalue weighted by atomic mass is 10.2. The van der Waals surface area contributed by atoms with Crippen molar-refractivity contribution >= 4 is 28.2 Å². The van der Waals surface area contributed by atoms with E-state index in [2.05, 4.69) is 15.6 Å². The highest BCUT2D eigenvalue weighted by atomic mass is 35.5. The Bertz CT molecular complexity index is 831. The van der Waals surface area contributed by atoms with Crippen molar-refractivity contribution < 1.29 is 0 Å². The predicted octanol–water partition coefficient (Wildman–Crippen LogP) is 2.56. The quantitative estimate of drug-likeness (QED) is 0.804. The molecular weight excluding hydrogens is 288 g/mol. The molecule has 0 aliphatic rings. The Labute approximate surface area is 126 Å². The molecule has 0 saturated heterocycles. The summed E-state index contributed by atoms with van der Waals surface area (Å²) < 4.78 is 1.36. The van der Waals surface area contributed by atoms with Crippen LogP contribution in [0.25, 0.3) is 10.9 Å². The van der Waals surface area contributed by atoms with Crippen LogP contribution in [0.2, 0.25) is 5.02 Å². The molecule has 106 valence electrons.